The summed E-state index contributed by atoms with van der Waals surface area (Å²) in [6, 6.07) is 6.65. The standard InChI is InChI=1S/C19H20Cl2N4O/c20-14-8-13(22)9-15(21)19(14)25-16-6-7-18(26)24(17(16)10-23-25)11-12-4-2-1-3-5-12/h6-10,12H,1-5,11,22H2. The van der Waals surface area contributed by atoms with E-state index < -0.39 is 0 Å². The van der Waals surface area contributed by atoms with Crippen LogP contribution in [0.25, 0.3) is 16.7 Å². The molecular formula is C19H20Cl2N4O. The molecule has 26 heavy (non-hydrogen) atoms. The van der Waals surface area contributed by atoms with Gasteiger partial charge in [0.15, 0.2) is 0 Å². The number of anilines is 1. The summed E-state index contributed by atoms with van der Waals surface area (Å²) in [5.41, 5.74) is 8.46. The van der Waals surface area contributed by atoms with Gasteiger partial charge in [0.05, 0.1) is 27.3 Å². The van der Waals surface area contributed by atoms with Crippen molar-refractivity contribution in [3.8, 4) is 5.69 Å². The summed E-state index contributed by atoms with van der Waals surface area (Å²) in [7, 11) is 0. The number of aromatic nitrogens is 3. The fourth-order valence-corrected chi connectivity index (χ4v) is 4.52. The largest absolute Gasteiger partial charge is 0.399 e. The molecule has 0 spiro atoms. The van der Waals surface area contributed by atoms with Gasteiger partial charge >= 0.3 is 0 Å². The van der Waals surface area contributed by atoms with Crippen molar-refractivity contribution in [2.75, 3.05) is 5.73 Å². The molecule has 2 aromatic heterocycles. The number of fused-ring (bicyclic) bond motifs is 1. The van der Waals surface area contributed by atoms with Crippen molar-refractivity contribution in [3.63, 3.8) is 0 Å². The first-order valence-electron chi connectivity index (χ1n) is 8.87. The van der Waals surface area contributed by atoms with Crippen molar-refractivity contribution >= 4 is 39.9 Å². The lowest BCUT2D eigenvalue weighted by atomic mass is 9.89. The fraction of sp³-hybridized carbons (Fsp3) is 0.368. The number of hydrogen-bond donors (Lipinski definition) is 1. The second-order valence-electron chi connectivity index (χ2n) is 6.95. The van der Waals surface area contributed by atoms with Gasteiger partial charge in [-0.15, -0.1) is 0 Å². The first kappa shape index (κ1) is 17.4. The van der Waals surface area contributed by atoms with Gasteiger partial charge in [0.25, 0.3) is 5.56 Å². The Morgan fingerprint density at radius 2 is 1.77 bits per heavy atom. The number of rotatable bonds is 3. The Morgan fingerprint density at radius 1 is 1.08 bits per heavy atom. The molecule has 0 bridgehead atoms. The van der Waals surface area contributed by atoms with E-state index >= 15 is 0 Å². The molecule has 1 fully saturated rings. The molecule has 0 unspecified atom stereocenters. The molecule has 0 aliphatic heterocycles. The molecule has 3 aromatic rings. The number of benzene rings is 1. The minimum absolute atomic E-state index is 0.00266. The average Bonchev–Trinajstić information content (AvgIpc) is 3.01. The summed E-state index contributed by atoms with van der Waals surface area (Å²) in [5.74, 6) is 0.541. The maximum atomic E-state index is 12.5. The van der Waals surface area contributed by atoms with E-state index in [9.17, 15) is 4.79 Å². The zero-order chi connectivity index (χ0) is 18.3. The molecule has 2 N–H and O–H groups in total. The smallest absolute Gasteiger partial charge is 0.251 e. The Hall–Kier alpha value is -1.98. The molecule has 1 aromatic carbocycles. The number of nitrogens with zero attached hydrogens (tertiary/aromatic N) is 3. The van der Waals surface area contributed by atoms with E-state index in [4.69, 9.17) is 28.9 Å². The zero-order valence-electron chi connectivity index (χ0n) is 14.3. The monoisotopic (exact) mass is 390 g/mol. The van der Waals surface area contributed by atoms with Gasteiger partial charge in [-0.3, -0.25) is 4.79 Å². The Kier molecular flexibility index (Phi) is 4.67. The molecule has 1 saturated carbocycles. The van der Waals surface area contributed by atoms with Gasteiger partial charge in [0.2, 0.25) is 0 Å². The van der Waals surface area contributed by atoms with E-state index in [0.717, 1.165) is 17.6 Å². The van der Waals surface area contributed by atoms with E-state index in [1.54, 1.807) is 35.1 Å². The normalized spacial score (nSPS) is 15.6. The second kappa shape index (κ2) is 6.97. The molecule has 0 radical (unpaired) electrons. The molecule has 7 heteroatoms. The van der Waals surface area contributed by atoms with Crippen LogP contribution in [0.3, 0.4) is 0 Å². The van der Waals surface area contributed by atoms with Crippen LogP contribution < -0.4 is 11.3 Å². The summed E-state index contributed by atoms with van der Waals surface area (Å²) >= 11 is 12.7. The number of pyridine rings is 1. The molecule has 136 valence electrons. The van der Waals surface area contributed by atoms with E-state index in [0.29, 0.717) is 27.3 Å². The summed E-state index contributed by atoms with van der Waals surface area (Å²) < 4.78 is 3.50. The molecule has 5 nitrogen and oxygen atoms in total. The Balaban J connectivity index is 1.82. The zero-order valence-corrected chi connectivity index (χ0v) is 15.8. The molecule has 1 aliphatic carbocycles. The fourth-order valence-electron chi connectivity index (χ4n) is 3.85. The van der Waals surface area contributed by atoms with Gasteiger partial charge in [-0.1, -0.05) is 42.5 Å². The van der Waals surface area contributed by atoms with Crippen molar-refractivity contribution in [1.29, 1.82) is 0 Å². The van der Waals surface area contributed by atoms with Crippen LogP contribution in [0.15, 0.2) is 35.3 Å². The third kappa shape index (κ3) is 3.10. The highest BCUT2D eigenvalue weighted by Gasteiger charge is 2.19. The molecular weight excluding hydrogens is 371 g/mol. The van der Waals surface area contributed by atoms with E-state index in [-0.39, 0.29) is 5.56 Å². The Labute approximate surface area is 161 Å². The van der Waals surface area contributed by atoms with Gasteiger partial charge in [-0.25, -0.2) is 4.68 Å². The minimum Gasteiger partial charge on any atom is -0.399 e. The number of nitrogens with two attached hydrogens (primary N) is 1. The lowest BCUT2D eigenvalue weighted by Crippen LogP contribution is -2.24. The SMILES string of the molecule is Nc1cc(Cl)c(-n2ncc3c2ccc(=O)n3CC2CCCCC2)c(Cl)c1. The number of halogens is 2. The Morgan fingerprint density at radius 3 is 2.46 bits per heavy atom. The predicted octanol–water partition coefficient (Wildman–Crippen LogP) is 4.66. The maximum absolute atomic E-state index is 12.5. The van der Waals surface area contributed by atoms with Crippen molar-refractivity contribution in [3.05, 3.63) is 50.9 Å². The van der Waals surface area contributed by atoms with Gasteiger partial charge in [-0.2, -0.15) is 5.10 Å². The quantitative estimate of drug-likeness (QED) is 0.661. The van der Waals surface area contributed by atoms with Crippen LogP contribution in [-0.4, -0.2) is 14.3 Å². The molecule has 0 atom stereocenters. The van der Waals surface area contributed by atoms with Gasteiger partial charge < -0.3 is 10.3 Å². The number of hydrogen-bond acceptors (Lipinski definition) is 3. The third-order valence-corrected chi connectivity index (χ3v) is 5.72. The lowest BCUT2D eigenvalue weighted by Gasteiger charge is -2.22. The summed E-state index contributed by atoms with van der Waals surface area (Å²) in [5, 5.41) is 5.30. The first-order chi connectivity index (χ1) is 12.5. The summed E-state index contributed by atoms with van der Waals surface area (Å²) in [6.45, 7) is 0.727. The Bertz CT molecular complexity index is 995. The highest BCUT2D eigenvalue weighted by molar-refractivity contribution is 6.38. The van der Waals surface area contributed by atoms with Crippen molar-refractivity contribution in [1.82, 2.24) is 14.3 Å². The summed E-state index contributed by atoms with van der Waals surface area (Å²) in [6.07, 6.45) is 7.83. The highest BCUT2D eigenvalue weighted by atomic mass is 35.5. The van der Waals surface area contributed by atoms with E-state index in [2.05, 4.69) is 5.10 Å². The first-order valence-corrected chi connectivity index (χ1v) is 9.62. The molecule has 4 rings (SSSR count). The van der Waals surface area contributed by atoms with E-state index in [1.807, 2.05) is 4.57 Å². The van der Waals surface area contributed by atoms with Crippen molar-refractivity contribution < 1.29 is 0 Å². The summed E-state index contributed by atoms with van der Waals surface area (Å²) in [4.78, 5) is 12.5. The van der Waals surface area contributed by atoms with Gasteiger partial charge in [0, 0.05) is 18.3 Å². The average molecular weight is 391 g/mol. The van der Waals surface area contributed by atoms with Crippen molar-refractivity contribution in [2.24, 2.45) is 5.92 Å². The topological polar surface area (TPSA) is 65.8 Å². The van der Waals surface area contributed by atoms with E-state index in [1.165, 1.54) is 32.1 Å². The third-order valence-electron chi connectivity index (χ3n) is 5.14. The highest BCUT2D eigenvalue weighted by Crippen LogP contribution is 2.33. The molecule has 2 heterocycles. The van der Waals surface area contributed by atoms with Crippen LogP contribution in [0.4, 0.5) is 5.69 Å². The molecule has 1 aliphatic rings. The van der Waals surface area contributed by atoms with Crippen LogP contribution in [0, 0.1) is 5.92 Å². The van der Waals surface area contributed by atoms with Gasteiger partial charge in [0.1, 0.15) is 5.69 Å². The van der Waals surface area contributed by atoms with Crippen molar-refractivity contribution in [2.45, 2.75) is 38.6 Å². The van der Waals surface area contributed by atoms with Crippen LogP contribution in [0.2, 0.25) is 10.0 Å². The van der Waals surface area contributed by atoms with Crippen LogP contribution >= 0.6 is 23.2 Å². The lowest BCUT2D eigenvalue weighted by molar-refractivity contribution is 0.320. The maximum Gasteiger partial charge on any atom is 0.251 e. The molecule has 0 amide bonds. The number of nitrogen functional groups attached to an aromatic ring is 1. The second-order valence-corrected chi connectivity index (χ2v) is 7.76. The van der Waals surface area contributed by atoms with Gasteiger partial charge in [-0.05, 0) is 37.0 Å². The van der Waals surface area contributed by atoms with Crippen LogP contribution in [0.1, 0.15) is 32.1 Å². The minimum atomic E-state index is -0.00266. The van der Waals surface area contributed by atoms with Crippen LogP contribution in [-0.2, 0) is 6.54 Å². The predicted molar refractivity (Wildman–Crippen MR) is 106 cm³/mol. The van der Waals surface area contributed by atoms with Crippen LogP contribution in [0.5, 0.6) is 0 Å². The molecule has 0 saturated heterocycles.